The van der Waals surface area contributed by atoms with Crippen molar-refractivity contribution in [3.05, 3.63) is 96.6 Å². The largest absolute Gasteiger partial charge is 0.448 e. The van der Waals surface area contributed by atoms with Crippen LogP contribution in [-0.4, -0.2) is 56.0 Å². The van der Waals surface area contributed by atoms with Gasteiger partial charge in [-0.15, -0.1) is 0 Å². The second kappa shape index (κ2) is 10.1. The number of hydrogen-bond acceptors (Lipinski definition) is 6. The van der Waals surface area contributed by atoms with E-state index in [1.54, 1.807) is 23.4 Å². The quantitative estimate of drug-likeness (QED) is 0.292. The van der Waals surface area contributed by atoms with Crippen molar-refractivity contribution in [2.24, 2.45) is 4.99 Å². The molecule has 0 bridgehead atoms. The number of aliphatic imine (C=N–C) groups is 1. The average molecular weight is 517 g/mol. The minimum Gasteiger partial charge on any atom is -0.448 e. The zero-order valence-electron chi connectivity index (χ0n) is 21.9. The molecule has 0 radical (unpaired) electrons. The van der Waals surface area contributed by atoms with E-state index in [0.29, 0.717) is 19.6 Å². The van der Waals surface area contributed by atoms with Crippen LogP contribution >= 0.6 is 0 Å². The third kappa shape index (κ3) is 4.44. The van der Waals surface area contributed by atoms with Crippen LogP contribution in [-0.2, 0) is 4.74 Å². The molecule has 1 atom stereocenters. The van der Waals surface area contributed by atoms with Crippen LogP contribution in [0.25, 0.3) is 39.0 Å². The van der Waals surface area contributed by atoms with Gasteiger partial charge in [0.2, 0.25) is 0 Å². The molecule has 194 valence electrons. The van der Waals surface area contributed by atoms with Crippen LogP contribution in [0.1, 0.15) is 30.3 Å². The van der Waals surface area contributed by atoms with Gasteiger partial charge >= 0.3 is 6.09 Å². The number of carbonyl (C=O) groups is 1. The first-order valence-corrected chi connectivity index (χ1v) is 12.9. The van der Waals surface area contributed by atoms with Crippen LogP contribution in [0.4, 0.5) is 4.79 Å². The monoisotopic (exact) mass is 516 g/mol. The number of rotatable bonds is 6. The summed E-state index contributed by atoms with van der Waals surface area (Å²) < 4.78 is 6.96. The van der Waals surface area contributed by atoms with Crippen LogP contribution in [0.3, 0.4) is 0 Å². The molecule has 3 aromatic heterocycles. The molecule has 6 rings (SSSR count). The third-order valence-electron chi connectivity index (χ3n) is 7.08. The Labute approximate surface area is 226 Å². The Balaban J connectivity index is 1.50. The topological polar surface area (TPSA) is 85.0 Å². The fraction of sp³-hybridized carbons (Fsp3) is 0.194. The van der Waals surface area contributed by atoms with Gasteiger partial charge in [0.25, 0.3) is 0 Å². The van der Waals surface area contributed by atoms with Gasteiger partial charge in [-0.2, -0.15) is 9.61 Å². The summed E-state index contributed by atoms with van der Waals surface area (Å²) in [5, 5.41) is 5.73. The van der Waals surface area contributed by atoms with Gasteiger partial charge in [0.1, 0.15) is 6.61 Å². The molecule has 0 saturated carbocycles. The fourth-order valence-electron chi connectivity index (χ4n) is 5.22. The van der Waals surface area contributed by atoms with Crippen LogP contribution in [0, 0.1) is 6.92 Å². The van der Waals surface area contributed by atoms with Crippen molar-refractivity contribution in [3.8, 4) is 11.1 Å². The molecule has 4 aromatic rings. The van der Waals surface area contributed by atoms with Crippen molar-refractivity contribution in [1.29, 1.82) is 0 Å². The number of ether oxygens (including phenoxy) is 1. The van der Waals surface area contributed by atoms with E-state index in [1.807, 2.05) is 42.8 Å². The number of cyclic esters (lactones) is 1. The molecule has 8 heteroatoms. The average Bonchev–Trinajstić information content (AvgIpc) is 3.55. The summed E-state index contributed by atoms with van der Waals surface area (Å²) in [7, 11) is 0. The molecule has 1 amide bonds. The molecule has 1 unspecified atom stereocenters. The van der Waals surface area contributed by atoms with Gasteiger partial charge in [0.05, 0.1) is 24.0 Å². The minimum atomic E-state index is -0.255. The Hall–Kier alpha value is -4.85. The molecular weight excluding hydrogens is 488 g/mol. The van der Waals surface area contributed by atoms with Crippen molar-refractivity contribution < 1.29 is 9.53 Å². The smallest absolute Gasteiger partial charge is 0.410 e. The molecule has 1 aliphatic carbocycles. The van der Waals surface area contributed by atoms with Crippen LogP contribution < -0.4 is 0 Å². The van der Waals surface area contributed by atoms with Crippen molar-refractivity contribution in [2.45, 2.75) is 26.3 Å². The SMILES string of the molecule is C=CC=NC=C(C)c1c(C)nn2c1ncc1cc(-c3ccccc3)c(C3=CCC(N4CCOC4=O)C=C3)nc12. The molecule has 1 aromatic carbocycles. The van der Waals surface area contributed by atoms with Gasteiger partial charge in [0.15, 0.2) is 11.3 Å². The van der Waals surface area contributed by atoms with Crippen molar-refractivity contribution in [1.82, 2.24) is 24.5 Å². The molecule has 1 saturated heterocycles. The normalized spacial score (nSPS) is 17.8. The summed E-state index contributed by atoms with van der Waals surface area (Å²) in [6.07, 6.45) is 13.7. The van der Waals surface area contributed by atoms with E-state index in [1.165, 1.54) is 0 Å². The number of amides is 1. The Bertz CT molecular complexity index is 1730. The lowest BCUT2D eigenvalue weighted by Crippen LogP contribution is -2.35. The Morgan fingerprint density at radius 3 is 2.79 bits per heavy atom. The van der Waals surface area contributed by atoms with Gasteiger partial charge in [-0.25, -0.2) is 14.8 Å². The summed E-state index contributed by atoms with van der Waals surface area (Å²) in [5.74, 6) is 0. The van der Waals surface area contributed by atoms with E-state index < -0.39 is 0 Å². The number of aryl methyl sites for hydroxylation is 1. The van der Waals surface area contributed by atoms with E-state index in [2.05, 4.69) is 48.0 Å². The highest BCUT2D eigenvalue weighted by atomic mass is 16.6. The maximum Gasteiger partial charge on any atom is 0.410 e. The lowest BCUT2D eigenvalue weighted by molar-refractivity contribution is 0.153. The first-order valence-electron chi connectivity index (χ1n) is 12.9. The number of aromatic nitrogens is 4. The zero-order chi connectivity index (χ0) is 26.9. The fourth-order valence-corrected chi connectivity index (χ4v) is 5.22. The molecule has 1 fully saturated rings. The standard InChI is InChI=1S/C31H28N6O2/c1-4-14-32-18-20(2)27-21(3)35-37-29-24(19-33-30(27)37)17-26(22-8-6-5-7-9-22)28(34-29)23-10-12-25(13-11-23)36-15-16-39-31(36)38/h4-12,14,17-19,25H,1,13,15-16H2,2-3H3. The van der Waals surface area contributed by atoms with E-state index >= 15 is 0 Å². The molecular formula is C31H28N6O2. The highest BCUT2D eigenvalue weighted by Crippen LogP contribution is 2.34. The van der Waals surface area contributed by atoms with Gasteiger partial charge in [-0.05, 0) is 43.0 Å². The van der Waals surface area contributed by atoms with Crippen LogP contribution in [0.2, 0.25) is 0 Å². The summed E-state index contributed by atoms with van der Waals surface area (Å²) in [5.41, 5.74) is 8.14. The minimum absolute atomic E-state index is 0.0184. The first kappa shape index (κ1) is 24.5. The number of fused-ring (bicyclic) bond motifs is 3. The third-order valence-corrected chi connectivity index (χ3v) is 7.08. The number of benzene rings is 1. The van der Waals surface area contributed by atoms with Gasteiger partial charge in [0, 0.05) is 35.1 Å². The van der Waals surface area contributed by atoms with Gasteiger partial charge in [-0.3, -0.25) is 9.89 Å². The zero-order valence-corrected chi connectivity index (χ0v) is 21.9. The van der Waals surface area contributed by atoms with Crippen molar-refractivity contribution in [3.63, 3.8) is 0 Å². The molecule has 2 aliphatic rings. The van der Waals surface area contributed by atoms with Gasteiger partial charge < -0.3 is 4.74 Å². The summed E-state index contributed by atoms with van der Waals surface area (Å²) in [4.78, 5) is 28.1. The second-order valence-electron chi connectivity index (χ2n) is 9.59. The molecule has 39 heavy (non-hydrogen) atoms. The van der Waals surface area contributed by atoms with E-state index in [9.17, 15) is 4.79 Å². The Morgan fingerprint density at radius 1 is 1.23 bits per heavy atom. The van der Waals surface area contributed by atoms with Crippen LogP contribution in [0.5, 0.6) is 0 Å². The van der Waals surface area contributed by atoms with Crippen molar-refractivity contribution in [2.75, 3.05) is 13.2 Å². The predicted octanol–water partition coefficient (Wildman–Crippen LogP) is 6.03. The molecule has 0 N–H and O–H groups in total. The Kier molecular flexibility index (Phi) is 6.36. The van der Waals surface area contributed by atoms with Gasteiger partial charge in [-0.1, -0.05) is 61.2 Å². The summed E-state index contributed by atoms with van der Waals surface area (Å²) in [6.45, 7) is 8.70. The lowest BCUT2D eigenvalue weighted by atomic mass is 9.93. The summed E-state index contributed by atoms with van der Waals surface area (Å²) >= 11 is 0. The number of pyridine rings is 1. The molecule has 1 aliphatic heterocycles. The molecule has 0 spiro atoms. The maximum atomic E-state index is 12.1. The lowest BCUT2D eigenvalue weighted by Gasteiger charge is -2.24. The number of allylic oxidation sites excluding steroid dienone is 4. The molecule has 4 heterocycles. The molecule has 8 nitrogen and oxygen atoms in total. The Morgan fingerprint density at radius 2 is 2.08 bits per heavy atom. The number of carbonyl (C=O) groups excluding carboxylic acids is 1. The highest BCUT2D eigenvalue weighted by Gasteiger charge is 2.29. The van der Waals surface area contributed by atoms with E-state index in [4.69, 9.17) is 19.8 Å². The van der Waals surface area contributed by atoms with Crippen LogP contribution in [0.15, 0.2) is 84.7 Å². The number of hydrogen-bond donors (Lipinski definition) is 0. The summed E-state index contributed by atoms with van der Waals surface area (Å²) in [6, 6.07) is 12.3. The predicted molar refractivity (Wildman–Crippen MR) is 154 cm³/mol. The highest BCUT2D eigenvalue weighted by molar-refractivity contribution is 5.92. The van der Waals surface area contributed by atoms with E-state index in [0.717, 1.165) is 55.9 Å². The first-order chi connectivity index (χ1) is 19.0. The van der Waals surface area contributed by atoms with E-state index in [-0.39, 0.29) is 12.1 Å². The number of nitrogens with zero attached hydrogens (tertiary/aromatic N) is 6. The van der Waals surface area contributed by atoms with Crippen molar-refractivity contribution >= 4 is 40.1 Å². The second-order valence-corrected chi connectivity index (χ2v) is 9.59. The maximum absolute atomic E-state index is 12.1.